The van der Waals surface area contributed by atoms with Gasteiger partial charge in [0.2, 0.25) is 0 Å². The summed E-state index contributed by atoms with van der Waals surface area (Å²) in [7, 11) is 2.90. The molecule has 1 N–H and O–H groups in total. The van der Waals surface area contributed by atoms with Gasteiger partial charge in [-0.25, -0.2) is 0 Å². The van der Waals surface area contributed by atoms with Crippen molar-refractivity contribution in [1.82, 2.24) is 4.90 Å². The van der Waals surface area contributed by atoms with Gasteiger partial charge in [-0.1, -0.05) is 53.0 Å². The molecule has 1 unspecified atom stereocenters. The van der Waals surface area contributed by atoms with Crippen LogP contribution < -0.4 is 4.74 Å². The van der Waals surface area contributed by atoms with Gasteiger partial charge < -0.3 is 19.5 Å². The van der Waals surface area contributed by atoms with E-state index in [-0.39, 0.29) is 40.1 Å². The second kappa shape index (κ2) is 9.08. The van der Waals surface area contributed by atoms with Gasteiger partial charge in [0, 0.05) is 18.7 Å². The van der Waals surface area contributed by atoms with E-state index in [9.17, 15) is 14.7 Å². The SMILES string of the molecule is COCCN1C(=O)C(=O)/C(=C(/O)c2cc(Cl)cc(Cl)c2OC)C1c1cccc(C)c1. The van der Waals surface area contributed by atoms with E-state index >= 15 is 0 Å². The quantitative estimate of drug-likeness (QED) is 0.402. The van der Waals surface area contributed by atoms with Crippen LogP contribution in [0.3, 0.4) is 0 Å². The first-order valence-corrected chi connectivity index (χ1v) is 9.93. The van der Waals surface area contributed by atoms with Crippen LogP contribution in [-0.2, 0) is 14.3 Å². The molecular formula is C22H21Cl2NO5. The Kier molecular flexibility index (Phi) is 6.71. The van der Waals surface area contributed by atoms with Crippen LogP contribution in [0.5, 0.6) is 5.75 Å². The second-order valence-corrected chi connectivity index (χ2v) is 7.71. The van der Waals surface area contributed by atoms with Crippen LogP contribution in [0.15, 0.2) is 42.0 Å². The number of aryl methyl sites for hydroxylation is 1. The van der Waals surface area contributed by atoms with E-state index < -0.39 is 23.5 Å². The summed E-state index contributed by atoms with van der Waals surface area (Å²) in [5.74, 6) is -1.76. The number of aliphatic hydroxyl groups is 1. The normalized spacial score (nSPS) is 18.2. The minimum absolute atomic E-state index is 0.0571. The number of ether oxygens (including phenoxy) is 2. The summed E-state index contributed by atoms with van der Waals surface area (Å²) in [5.41, 5.74) is 1.72. The topological polar surface area (TPSA) is 76.1 Å². The molecule has 0 aliphatic carbocycles. The maximum Gasteiger partial charge on any atom is 0.295 e. The van der Waals surface area contributed by atoms with Crippen LogP contribution in [0.1, 0.15) is 22.7 Å². The molecule has 0 spiro atoms. The van der Waals surface area contributed by atoms with Gasteiger partial charge in [-0.2, -0.15) is 0 Å². The molecule has 1 saturated heterocycles. The average Bonchev–Trinajstić information content (AvgIpc) is 2.96. The van der Waals surface area contributed by atoms with Gasteiger partial charge in [0.1, 0.15) is 11.5 Å². The van der Waals surface area contributed by atoms with Crippen LogP contribution in [0, 0.1) is 6.92 Å². The second-order valence-electron chi connectivity index (χ2n) is 6.87. The number of likely N-dealkylation sites (tertiary alicyclic amines) is 1. The van der Waals surface area contributed by atoms with E-state index in [4.69, 9.17) is 32.7 Å². The largest absolute Gasteiger partial charge is 0.507 e. The van der Waals surface area contributed by atoms with Crippen LogP contribution >= 0.6 is 23.2 Å². The summed E-state index contributed by atoms with van der Waals surface area (Å²) in [6.07, 6.45) is 0. The molecule has 30 heavy (non-hydrogen) atoms. The fraction of sp³-hybridized carbons (Fsp3) is 0.273. The molecule has 3 rings (SSSR count). The van der Waals surface area contributed by atoms with E-state index in [0.29, 0.717) is 5.56 Å². The molecule has 0 bridgehead atoms. The number of hydrogen-bond donors (Lipinski definition) is 1. The van der Waals surface area contributed by atoms with Crippen molar-refractivity contribution in [2.75, 3.05) is 27.4 Å². The van der Waals surface area contributed by atoms with E-state index in [2.05, 4.69) is 0 Å². The summed E-state index contributed by atoms with van der Waals surface area (Å²) in [5, 5.41) is 11.6. The number of ketones is 1. The molecule has 0 saturated carbocycles. The number of halogens is 2. The third-order valence-electron chi connectivity index (χ3n) is 4.90. The molecular weight excluding hydrogens is 429 g/mol. The molecule has 1 amide bonds. The fourth-order valence-corrected chi connectivity index (χ4v) is 4.15. The molecule has 1 heterocycles. The summed E-state index contributed by atoms with van der Waals surface area (Å²) >= 11 is 12.3. The zero-order chi connectivity index (χ0) is 22.0. The van der Waals surface area contributed by atoms with Gasteiger partial charge in [-0.05, 0) is 24.6 Å². The Balaban J connectivity index is 2.27. The molecule has 158 valence electrons. The third kappa shape index (κ3) is 4.03. The Morgan fingerprint density at radius 2 is 1.90 bits per heavy atom. The Labute approximate surface area is 184 Å². The first-order valence-electron chi connectivity index (χ1n) is 9.17. The lowest BCUT2D eigenvalue weighted by Crippen LogP contribution is -2.32. The summed E-state index contributed by atoms with van der Waals surface area (Å²) < 4.78 is 10.4. The fourth-order valence-electron chi connectivity index (χ4n) is 3.58. The monoisotopic (exact) mass is 449 g/mol. The molecule has 0 aromatic heterocycles. The minimum atomic E-state index is -0.798. The zero-order valence-corrected chi connectivity index (χ0v) is 18.3. The third-order valence-corrected chi connectivity index (χ3v) is 5.40. The highest BCUT2D eigenvalue weighted by atomic mass is 35.5. The molecule has 6 nitrogen and oxygen atoms in total. The molecule has 1 fully saturated rings. The zero-order valence-electron chi connectivity index (χ0n) is 16.7. The van der Waals surface area contributed by atoms with Crippen LogP contribution in [0.2, 0.25) is 10.0 Å². The van der Waals surface area contributed by atoms with E-state index in [1.54, 1.807) is 6.07 Å². The van der Waals surface area contributed by atoms with Crippen molar-refractivity contribution in [2.24, 2.45) is 0 Å². The van der Waals surface area contributed by atoms with Crippen LogP contribution in [0.4, 0.5) is 0 Å². The van der Waals surface area contributed by atoms with Crippen molar-refractivity contribution in [3.8, 4) is 5.75 Å². The number of carbonyl (C=O) groups is 2. The smallest absolute Gasteiger partial charge is 0.295 e. The number of aliphatic hydroxyl groups excluding tert-OH is 1. The van der Waals surface area contributed by atoms with Crippen molar-refractivity contribution in [3.63, 3.8) is 0 Å². The van der Waals surface area contributed by atoms with Crippen molar-refractivity contribution < 1.29 is 24.2 Å². The van der Waals surface area contributed by atoms with Crippen molar-refractivity contribution in [3.05, 3.63) is 68.7 Å². The lowest BCUT2D eigenvalue weighted by atomic mass is 9.94. The Morgan fingerprint density at radius 1 is 1.17 bits per heavy atom. The number of amides is 1. The molecule has 1 aliphatic heterocycles. The highest BCUT2D eigenvalue weighted by Crippen LogP contribution is 2.43. The lowest BCUT2D eigenvalue weighted by molar-refractivity contribution is -0.140. The summed E-state index contributed by atoms with van der Waals surface area (Å²) in [4.78, 5) is 27.2. The Bertz CT molecular complexity index is 1030. The molecule has 0 radical (unpaired) electrons. The number of hydrogen-bond acceptors (Lipinski definition) is 5. The maximum atomic E-state index is 13.0. The highest BCUT2D eigenvalue weighted by molar-refractivity contribution is 6.46. The number of carbonyl (C=O) groups excluding carboxylic acids is 2. The van der Waals surface area contributed by atoms with Crippen molar-refractivity contribution in [2.45, 2.75) is 13.0 Å². The summed E-state index contributed by atoms with van der Waals surface area (Å²) in [6, 6.07) is 9.53. The van der Waals surface area contributed by atoms with E-state index in [1.807, 2.05) is 25.1 Å². The standard InChI is InChI=1S/C22H21Cl2NO5/c1-12-5-4-6-13(9-12)18-17(20(27)22(28)25(18)7-8-29-2)19(26)15-10-14(23)11-16(24)21(15)30-3/h4-6,9-11,18,26H,7-8H2,1-3H3/b19-17+. The van der Waals surface area contributed by atoms with Crippen molar-refractivity contribution in [1.29, 1.82) is 0 Å². The number of rotatable bonds is 6. The Hall–Kier alpha value is -2.54. The van der Waals surface area contributed by atoms with Gasteiger partial charge in [0.25, 0.3) is 11.7 Å². The minimum Gasteiger partial charge on any atom is -0.507 e. The van der Waals surface area contributed by atoms with E-state index in [1.165, 1.54) is 31.3 Å². The number of nitrogens with zero attached hydrogens (tertiary/aromatic N) is 1. The first-order chi connectivity index (χ1) is 14.3. The van der Waals surface area contributed by atoms with Crippen LogP contribution in [0.25, 0.3) is 5.76 Å². The number of methoxy groups -OCH3 is 2. The van der Waals surface area contributed by atoms with Gasteiger partial charge in [-0.3, -0.25) is 9.59 Å². The maximum absolute atomic E-state index is 13.0. The molecule has 2 aromatic rings. The highest BCUT2D eigenvalue weighted by Gasteiger charge is 2.46. The van der Waals surface area contributed by atoms with Gasteiger partial charge in [-0.15, -0.1) is 0 Å². The number of benzene rings is 2. The van der Waals surface area contributed by atoms with E-state index in [0.717, 1.165) is 5.56 Å². The molecule has 1 atom stereocenters. The predicted octanol–water partition coefficient (Wildman–Crippen LogP) is 4.38. The molecule has 2 aromatic carbocycles. The van der Waals surface area contributed by atoms with Gasteiger partial charge in [0.15, 0.2) is 0 Å². The average molecular weight is 450 g/mol. The van der Waals surface area contributed by atoms with Crippen molar-refractivity contribution >= 4 is 40.7 Å². The molecule has 1 aliphatic rings. The summed E-state index contributed by atoms with van der Waals surface area (Å²) in [6.45, 7) is 2.33. The predicted molar refractivity (Wildman–Crippen MR) is 115 cm³/mol. The lowest BCUT2D eigenvalue weighted by Gasteiger charge is -2.25. The number of Topliss-reactive ketones (excluding diaryl/α,β-unsaturated/α-hetero) is 1. The van der Waals surface area contributed by atoms with Gasteiger partial charge in [0.05, 0.1) is 35.9 Å². The first kappa shape index (κ1) is 22.2. The van der Waals surface area contributed by atoms with Gasteiger partial charge >= 0.3 is 0 Å². The Morgan fingerprint density at radius 3 is 2.53 bits per heavy atom. The van der Waals surface area contributed by atoms with Crippen LogP contribution in [-0.4, -0.2) is 49.1 Å². The molecule has 8 heteroatoms.